The van der Waals surface area contributed by atoms with E-state index in [0.29, 0.717) is 11.8 Å². The molecule has 2 atom stereocenters. The molecule has 2 aliphatic rings. The minimum absolute atomic E-state index is 0.278. The number of benzene rings is 1. The van der Waals surface area contributed by atoms with Crippen LogP contribution in [0, 0.1) is 5.92 Å². The van der Waals surface area contributed by atoms with Crippen molar-refractivity contribution < 1.29 is 4.79 Å². The lowest BCUT2D eigenvalue weighted by atomic mass is 10.1. The van der Waals surface area contributed by atoms with Crippen molar-refractivity contribution in [3.05, 3.63) is 35.9 Å². The second-order valence-corrected chi connectivity index (χ2v) is 4.89. The Morgan fingerprint density at radius 3 is 2.50 bits per heavy atom. The fourth-order valence-electron chi connectivity index (χ4n) is 2.71. The topological polar surface area (TPSA) is 20.3 Å². The van der Waals surface area contributed by atoms with Crippen molar-refractivity contribution in [1.29, 1.82) is 0 Å². The highest BCUT2D eigenvalue weighted by Crippen LogP contribution is 2.48. The first kappa shape index (κ1) is 9.88. The molecule has 84 valence electrons. The van der Waals surface area contributed by atoms with Gasteiger partial charge in [0.25, 0.3) is 0 Å². The van der Waals surface area contributed by atoms with Gasteiger partial charge in [0.05, 0.1) is 0 Å². The van der Waals surface area contributed by atoms with Crippen LogP contribution in [-0.4, -0.2) is 23.9 Å². The standard InChI is InChI=1S/C14H17NO/c16-14(15-8-4-5-9-15)13-10-12(13)11-6-2-1-3-7-11/h1-3,6-7,12-13H,4-5,8-10H2. The van der Waals surface area contributed by atoms with Crippen molar-refractivity contribution in [3.63, 3.8) is 0 Å². The number of rotatable bonds is 2. The molecule has 2 fully saturated rings. The van der Waals surface area contributed by atoms with Crippen molar-refractivity contribution in [2.75, 3.05) is 13.1 Å². The Balaban J connectivity index is 1.65. The van der Waals surface area contributed by atoms with Crippen LogP contribution in [0.25, 0.3) is 0 Å². The van der Waals surface area contributed by atoms with E-state index in [4.69, 9.17) is 0 Å². The molecule has 1 aromatic rings. The largest absolute Gasteiger partial charge is 0.342 e. The van der Waals surface area contributed by atoms with Crippen molar-refractivity contribution in [2.45, 2.75) is 25.2 Å². The van der Waals surface area contributed by atoms with Crippen LogP contribution in [0.2, 0.25) is 0 Å². The monoisotopic (exact) mass is 215 g/mol. The number of carbonyl (C=O) groups excluding carboxylic acids is 1. The molecule has 1 aliphatic heterocycles. The molecule has 0 bridgehead atoms. The van der Waals surface area contributed by atoms with E-state index in [1.54, 1.807) is 0 Å². The van der Waals surface area contributed by atoms with E-state index in [-0.39, 0.29) is 5.92 Å². The Labute approximate surface area is 96.3 Å². The Bertz CT molecular complexity index is 381. The summed E-state index contributed by atoms with van der Waals surface area (Å²) in [4.78, 5) is 14.2. The number of likely N-dealkylation sites (tertiary alicyclic amines) is 1. The van der Waals surface area contributed by atoms with E-state index in [1.165, 1.54) is 18.4 Å². The minimum atomic E-state index is 0.278. The highest BCUT2D eigenvalue weighted by molar-refractivity contribution is 5.83. The van der Waals surface area contributed by atoms with Crippen molar-refractivity contribution >= 4 is 5.91 Å². The van der Waals surface area contributed by atoms with Crippen molar-refractivity contribution in [2.24, 2.45) is 5.92 Å². The molecule has 2 heteroatoms. The normalized spacial score (nSPS) is 28.1. The second kappa shape index (κ2) is 3.93. The lowest BCUT2D eigenvalue weighted by Crippen LogP contribution is -2.29. The molecular formula is C14H17NO. The van der Waals surface area contributed by atoms with Crippen molar-refractivity contribution in [1.82, 2.24) is 4.90 Å². The van der Waals surface area contributed by atoms with Gasteiger partial charge in [-0.25, -0.2) is 0 Å². The van der Waals surface area contributed by atoms with Gasteiger partial charge in [0.2, 0.25) is 5.91 Å². The summed E-state index contributed by atoms with van der Waals surface area (Å²) in [6.07, 6.45) is 3.43. The summed E-state index contributed by atoms with van der Waals surface area (Å²) in [5.41, 5.74) is 1.33. The zero-order valence-corrected chi connectivity index (χ0v) is 9.43. The van der Waals surface area contributed by atoms with Gasteiger partial charge >= 0.3 is 0 Å². The fraction of sp³-hybridized carbons (Fsp3) is 0.500. The van der Waals surface area contributed by atoms with Gasteiger partial charge in [-0.2, -0.15) is 0 Å². The molecule has 0 aromatic heterocycles. The highest BCUT2D eigenvalue weighted by atomic mass is 16.2. The molecule has 1 saturated carbocycles. The van der Waals surface area contributed by atoms with Gasteiger partial charge in [0.1, 0.15) is 0 Å². The van der Waals surface area contributed by atoms with E-state index in [0.717, 1.165) is 19.5 Å². The highest BCUT2D eigenvalue weighted by Gasteiger charge is 2.45. The van der Waals surface area contributed by atoms with E-state index in [1.807, 2.05) is 11.0 Å². The van der Waals surface area contributed by atoms with Crippen LogP contribution in [0.5, 0.6) is 0 Å². The Hall–Kier alpha value is -1.31. The Kier molecular flexibility index (Phi) is 2.43. The van der Waals surface area contributed by atoms with Gasteiger partial charge in [-0.1, -0.05) is 30.3 Å². The number of nitrogens with zero attached hydrogens (tertiary/aromatic N) is 1. The first-order chi connectivity index (χ1) is 7.86. The summed E-state index contributed by atoms with van der Waals surface area (Å²) in [6, 6.07) is 10.4. The maximum Gasteiger partial charge on any atom is 0.226 e. The van der Waals surface area contributed by atoms with Gasteiger partial charge < -0.3 is 4.90 Å². The SMILES string of the molecule is O=C(C1CC1c1ccccc1)N1CCCC1. The van der Waals surface area contributed by atoms with E-state index < -0.39 is 0 Å². The molecule has 0 N–H and O–H groups in total. The smallest absolute Gasteiger partial charge is 0.226 e. The Morgan fingerprint density at radius 1 is 1.12 bits per heavy atom. The van der Waals surface area contributed by atoms with Gasteiger partial charge in [-0.3, -0.25) is 4.79 Å². The van der Waals surface area contributed by atoms with E-state index >= 15 is 0 Å². The second-order valence-electron chi connectivity index (χ2n) is 4.89. The zero-order valence-electron chi connectivity index (χ0n) is 9.43. The number of hydrogen-bond acceptors (Lipinski definition) is 1. The molecule has 16 heavy (non-hydrogen) atoms. The molecule has 2 nitrogen and oxygen atoms in total. The molecular weight excluding hydrogens is 198 g/mol. The van der Waals surface area contributed by atoms with Crippen LogP contribution in [0.3, 0.4) is 0 Å². The molecule has 2 unspecified atom stereocenters. The molecule has 0 radical (unpaired) electrons. The fourth-order valence-corrected chi connectivity index (χ4v) is 2.71. The maximum absolute atomic E-state index is 12.1. The lowest BCUT2D eigenvalue weighted by molar-refractivity contribution is -0.131. The minimum Gasteiger partial charge on any atom is -0.342 e. The van der Waals surface area contributed by atoms with Crippen LogP contribution >= 0.6 is 0 Å². The molecule has 3 rings (SSSR count). The van der Waals surface area contributed by atoms with Crippen LogP contribution in [-0.2, 0) is 4.79 Å². The summed E-state index contributed by atoms with van der Waals surface area (Å²) < 4.78 is 0. The molecule has 1 aliphatic carbocycles. The predicted octanol–water partition coefficient (Wildman–Crippen LogP) is 2.41. The molecule has 0 spiro atoms. The summed E-state index contributed by atoms with van der Waals surface area (Å²) >= 11 is 0. The number of carbonyl (C=O) groups is 1. The molecule has 1 saturated heterocycles. The molecule has 1 aromatic carbocycles. The number of hydrogen-bond donors (Lipinski definition) is 0. The average molecular weight is 215 g/mol. The summed E-state index contributed by atoms with van der Waals surface area (Å²) in [6.45, 7) is 1.97. The quantitative estimate of drug-likeness (QED) is 0.742. The summed E-state index contributed by atoms with van der Waals surface area (Å²) in [5, 5.41) is 0. The van der Waals surface area contributed by atoms with E-state index in [9.17, 15) is 4.79 Å². The third kappa shape index (κ3) is 1.73. The predicted molar refractivity (Wildman–Crippen MR) is 63.1 cm³/mol. The molecule has 1 amide bonds. The van der Waals surface area contributed by atoms with Crippen molar-refractivity contribution in [3.8, 4) is 0 Å². The summed E-state index contributed by atoms with van der Waals surface area (Å²) in [7, 11) is 0. The lowest BCUT2D eigenvalue weighted by Gasteiger charge is -2.14. The van der Waals surface area contributed by atoms with Gasteiger partial charge in [0, 0.05) is 19.0 Å². The van der Waals surface area contributed by atoms with Gasteiger partial charge in [-0.15, -0.1) is 0 Å². The summed E-state index contributed by atoms with van der Waals surface area (Å²) in [5.74, 6) is 1.17. The zero-order chi connectivity index (χ0) is 11.0. The maximum atomic E-state index is 12.1. The number of amides is 1. The van der Waals surface area contributed by atoms with E-state index in [2.05, 4.69) is 24.3 Å². The van der Waals surface area contributed by atoms with Crippen LogP contribution in [0.4, 0.5) is 0 Å². The average Bonchev–Trinajstić information content (AvgIpc) is 2.95. The van der Waals surface area contributed by atoms with Gasteiger partial charge in [-0.05, 0) is 30.7 Å². The first-order valence-corrected chi connectivity index (χ1v) is 6.20. The van der Waals surface area contributed by atoms with Crippen LogP contribution in [0.1, 0.15) is 30.7 Å². The van der Waals surface area contributed by atoms with Crippen LogP contribution < -0.4 is 0 Å². The van der Waals surface area contributed by atoms with Crippen LogP contribution in [0.15, 0.2) is 30.3 Å². The van der Waals surface area contributed by atoms with Gasteiger partial charge in [0.15, 0.2) is 0 Å². The third-order valence-electron chi connectivity index (χ3n) is 3.75. The Morgan fingerprint density at radius 2 is 1.81 bits per heavy atom. The molecule has 1 heterocycles. The first-order valence-electron chi connectivity index (χ1n) is 6.20. The third-order valence-corrected chi connectivity index (χ3v) is 3.75.